The van der Waals surface area contributed by atoms with Crippen molar-refractivity contribution in [2.75, 3.05) is 12.3 Å². The van der Waals surface area contributed by atoms with Crippen LogP contribution in [0, 0.1) is 0 Å². The molecule has 8 heteroatoms. The fourth-order valence-electron chi connectivity index (χ4n) is 1.05. The molecule has 0 aromatic heterocycles. The number of anilines is 1. The second-order valence-electron chi connectivity index (χ2n) is 3.19. The Morgan fingerprint density at radius 2 is 2.06 bits per heavy atom. The lowest BCUT2D eigenvalue weighted by Gasteiger charge is -2.10. The number of phenols is 1. The molecular weight excluding hydrogens is 305 g/mol. The lowest BCUT2D eigenvalue weighted by atomic mass is 10.1. The van der Waals surface area contributed by atoms with Gasteiger partial charge in [-0.25, -0.2) is 0 Å². The highest BCUT2D eigenvalue weighted by atomic mass is 79.9. The number of alkyl halides is 3. The fraction of sp³-hybridized carbons (Fsp3) is 0.222. The minimum atomic E-state index is -4.50. The van der Waals surface area contributed by atoms with E-state index in [1.807, 2.05) is 0 Å². The van der Waals surface area contributed by atoms with Crippen LogP contribution >= 0.6 is 15.9 Å². The number of phenolic OH excluding ortho intramolecular Hbond substituents is 1. The first-order valence-electron chi connectivity index (χ1n) is 4.33. The van der Waals surface area contributed by atoms with E-state index in [2.05, 4.69) is 15.9 Å². The van der Waals surface area contributed by atoms with E-state index < -0.39 is 18.6 Å². The number of carbonyl (C=O) groups is 1. The molecule has 0 saturated heterocycles. The number of nitrogens with two attached hydrogens (primary N) is 1. The highest BCUT2D eigenvalue weighted by Gasteiger charge is 2.28. The van der Waals surface area contributed by atoms with Gasteiger partial charge in [0.1, 0.15) is 12.3 Å². The number of nitrogen functional groups attached to an aromatic ring is 1. The summed E-state index contributed by atoms with van der Waals surface area (Å²) in [7, 11) is 0. The number of amides is 1. The zero-order valence-corrected chi connectivity index (χ0v) is 9.89. The van der Waals surface area contributed by atoms with Crippen LogP contribution < -0.4 is 11.1 Å². The SMILES string of the molecule is Nc1cc(Br)c(O)cc1C(=O)NCC(F)(F)F. The maximum absolute atomic E-state index is 11.9. The van der Waals surface area contributed by atoms with Gasteiger partial charge in [-0.1, -0.05) is 0 Å². The largest absolute Gasteiger partial charge is 0.507 e. The fourth-order valence-corrected chi connectivity index (χ4v) is 1.41. The van der Waals surface area contributed by atoms with Gasteiger partial charge in [-0.2, -0.15) is 13.2 Å². The second kappa shape index (κ2) is 4.82. The molecule has 0 radical (unpaired) electrons. The molecular formula is C9H8BrF3N2O2. The zero-order valence-electron chi connectivity index (χ0n) is 8.31. The van der Waals surface area contributed by atoms with E-state index in [1.54, 1.807) is 5.32 Å². The summed E-state index contributed by atoms with van der Waals surface area (Å²) in [4.78, 5) is 11.4. The van der Waals surface area contributed by atoms with Gasteiger partial charge in [0.2, 0.25) is 0 Å². The molecule has 0 unspecified atom stereocenters. The van der Waals surface area contributed by atoms with Crippen LogP contribution in [0.2, 0.25) is 0 Å². The van der Waals surface area contributed by atoms with Gasteiger partial charge < -0.3 is 16.2 Å². The molecule has 0 aliphatic heterocycles. The third-order valence-corrected chi connectivity index (χ3v) is 2.45. The van der Waals surface area contributed by atoms with Crippen molar-refractivity contribution >= 4 is 27.5 Å². The molecule has 0 saturated carbocycles. The van der Waals surface area contributed by atoms with Gasteiger partial charge in [0.15, 0.2) is 0 Å². The summed E-state index contributed by atoms with van der Waals surface area (Å²) in [6.45, 7) is -1.46. The van der Waals surface area contributed by atoms with Gasteiger partial charge >= 0.3 is 6.18 Å². The van der Waals surface area contributed by atoms with Gasteiger partial charge in [-0.05, 0) is 28.1 Å². The van der Waals surface area contributed by atoms with E-state index in [4.69, 9.17) is 5.73 Å². The van der Waals surface area contributed by atoms with E-state index in [0.717, 1.165) is 6.07 Å². The van der Waals surface area contributed by atoms with Crippen LogP contribution in [0.4, 0.5) is 18.9 Å². The molecule has 0 aliphatic rings. The number of halogens is 4. The van der Waals surface area contributed by atoms with Crippen LogP contribution in [-0.4, -0.2) is 23.7 Å². The number of rotatable bonds is 2. The standard InChI is InChI=1S/C9H8BrF3N2O2/c10-5-2-6(14)4(1-7(5)16)8(17)15-3-9(11,12)13/h1-2,16H,3,14H2,(H,15,17). The van der Waals surface area contributed by atoms with Crippen LogP contribution in [0.3, 0.4) is 0 Å². The molecule has 4 N–H and O–H groups in total. The Bertz CT molecular complexity index is 449. The van der Waals surface area contributed by atoms with E-state index >= 15 is 0 Å². The minimum absolute atomic E-state index is 0.0330. The number of benzene rings is 1. The molecule has 1 rings (SSSR count). The predicted octanol–water partition coefficient (Wildman–Crippen LogP) is 2.03. The lowest BCUT2D eigenvalue weighted by molar-refractivity contribution is -0.123. The number of hydrogen-bond donors (Lipinski definition) is 3. The van der Waals surface area contributed by atoms with E-state index in [9.17, 15) is 23.1 Å². The predicted molar refractivity (Wildman–Crippen MR) is 58.6 cm³/mol. The van der Waals surface area contributed by atoms with E-state index in [-0.39, 0.29) is 21.5 Å². The van der Waals surface area contributed by atoms with Crippen molar-refractivity contribution in [1.82, 2.24) is 5.32 Å². The average molecular weight is 313 g/mol. The van der Waals surface area contributed by atoms with Gasteiger partial charge in [0.25, 0.3) is 5.91 Å². The minimum Gasteiger partial charge on any atom is -0.507 e. The molecule has 0 fully saturated rings. The number of hydrogen-bond acceptors (Lipinski definition) is 3. The van der Waals surface area contributed by atoms with Crippen molar-refractivity contribution in [2.24, 2.45) is 0 Å². The topological polar surface area (TPSA) is 75.3 Å². The first-order chi connectivity index (χ1) is 7.70. The molecule has 94 valence electrons. The van der Waals surface area contributed by atoms with E-state index in [1.165, 1.54) is 6.07 Å². The summed E-state index contributed by atoms with van der Waals surface area (Å²) < 4.78 is 35.9. The summed E-state index contributed by atoms with van der Waals surface area (Å²) >= 11 is 2.96. The molecule has 17 heavy (non-hydrogen) atoms. The van der Waals surface area contributed by atoms with Gasteiger partial charge in [0, 0.05) is 5.69 Å². The Morgan fingerprint density at radius 3 is 2.59 bits per heavy atom. The van der Waals surface area contributed by atoms with Crippen LogP contribution in [0.15, 0.2) is 16.6 Å². The van der Waals surface area contributed by atoms with Crippen LogP contribution in [0.5, 0.6) is 5.75 Å². The summed E-state index contributed by atoms with van der Waals surface area (Å²) in [6.07, 6.45) is -4.50. The van der Waals surface area contributed by atoms with Gasteiger partial charge in [-0.15, -0.1) is 0 Å². The number of carbonyl (C=O) groups excluding carboxylic acids is 1. The average Bonchev–Trinajstić information content (AvgIpc) is 2.19. The maximum atomic E-state index is 11.9. The molecule has 0 atom stereocenters. The van der Waals surface area contributed by atoms with Crippen molar-refractivity contribution in [2.45, 2.75) is 6.18 Å². The van der Waals surface area contributed by atoms with Crippen molar-refractivity contribution in [3.63, 3.8) is 0 Å². The maximum Gasteiger partial charge on any atom is 0.405 e. The molecule has 1 aromatic carbocycles. The van der Waals surface area contributed by atoms with Crippen LogP contribution in [-0.2, 0) is 0 Å². The molecule has 0 bridgehead atoms. The van der Waals surface area contributed by atoms with Crippen molar-refractivity contribution < 1.29 is 23.1 Å². The third-order valence-electron chi connectivity index (χ3n) is 1.81. The van der Waals surface area contributed by atoms with Gasteiger partial charge in [0.05, 0.1) is 10.0 Å². The Labute approximate surface area is 103 Å². The Balaban J connectivity index is 2.86. The highest BCUT2D eigenvalue weighted by Crippen LogP contribution is 2.29. The Kier molecular flexibility index (Phi) is 3.87. The Hall–Kier alpha value is -1.44. The summed E-state index contributed by atoms with van der Waals surface area (Å²) in [5.41, 5.74) is 5.20. The normalized spacial score (nSPS) is 11.3. The van der Waals surface area contributed by atoms with Crippen LogP contribution in [0.25, 0.3) is 0 Å². The second-order valence-corrected chi connectivity index (χ2v) is 4.04. The van der Waals surface area contributed by atoms with Crippen LogP contribution in [0.1, 0.15) is 10.4 Å². The Morgan fingerprint density at radius 1 is 1.47 bits per heavy atom. The monoisotopic (exact) mass is 312 g/mol. The number of nitrogens with one attached hydrogen (secondary N) is 1. The molecule has 0 spiro atoms. The van der Waals surface area contributed by atoms with E-state index in [0.29, 0.717) is 0 Å². The molecule has 0 heterocycles. The highest BCUT2D eigenvalue weighted by molar-refractivity contribution is 9.10. The quantitative estimate of drug-likeness (QED) is 0.578. The lowest BCUT2D eigenvalue weighted by Crippen LogP contribution is -2.34. The van der Waals surface area contributed by atoms with Crippen molar-refractivity contribution in [3.8, 4) is 5.75 Å². The summed E-state index contributed by atoms with van der Waals surface area (Å²) in [5, 5.41) is 11.0. The van der Waals surface area contributed by atoms with Gasteiger partial charge in [-0.3, -0.25) is 4.79 Å². The first-order valence-corrected chi connectivity index (χ1v) is 5.13. The smallest absolute Gasteiger partial charge is 0.405 e. The molecule has 1 amide bonds. The van der Waals surface area contributed by atoms with Crippen molar-refractivity contribution in [3.05, 3.63) is 22.2 Å². The van der Waals surface area contributed by atoms with Crippen molar-refractivity contribution in [1.29, 1.82) is 0 Å². The summed E-state index contributed by atoms with van der Waals surface area (Å²) in [5.74, 6) is -1.28. The summed E-state index contributed by atoms with van der Waals surface area (Å²) in [6, 6.07) is 2.23. The first kappa shape index (κ1) is 13.6. The molecule has 4 nitrogen and oxygen atoms in total. The molecule has 1 aromatic rings. The number of aromatic hydroxyl groups is 1. The third kappa shape index (κ3) is 3.81. The zero-order chi connectivity index (χ0) is 13.2. The molecule has 0 aliphatic carbocycles.